The lowest BCUT2D eigenvalue weighted by atomic mass is 10.0. The Morgan fingerprint density at radius 3 is 2.41 bits per heavy atom. The van der Waals surface area contributed by atoms with Crippen LogP contribution in [0.2, 0.25) is 5.02 Å². The molecule has 0 fully saturated rings. The highest BCUT2D eigenvalue weighted by Gasteiger charge is 2.13. The molecule has 2 rings (SSSR count). The molecule has 0 aliphatic carbocycles. The zero-order valence-corrected chi connectivity index (χ0v) is 12.2. The summed E-state index contributed by atoms with van der Waals surface area (Å²) in [6, 6.07) is 13.4. The quantitative estimate of drug-likeness (QED) is 0.792. The molecule has 0 aromatic heterocycles. The molecule has 0 aliphatic heterocycles. The zero-order valence-electron chi connectivity index (χ0n) is 9.32. The lowest BCUT2D eigenvalue weighted by Crippen LogP contribution is -2.02. The molecule has 0 heterocycles. The molecule has 0 saturated carbocycles. The summed E-state index contributed by atoms with van der Waals surface area (Å²) in [6.07, 6.45) is -0.624. The van der Waals surface area contributed by atoms with Crippen LogP contribution in [0.5, 0.6) is 0 Å². The van der Waals surface area contributed by atoms with E-state index >= 15 is 0 Å². The summed E-state index contributed by atoms with van der Waals surface area (Å²) in [7, 11) is 0. The van der Waals surface area contributed by atoms with E-state index in [4.69, 9.17) is 11.6 Å². The van der Waals surface area contributed by atoms with Gasteiger partial charge in [0.15, 0.2) is 0 Å². The third-order valence-electron chi connectivity index (χ3n) is 2.65. The first-order valence-corrected chi connectivity index (χ1v) is 6.73. The van der Waals surface area contributed by atoms with Gasteiger partial charge in [-0.25, -0.2) is 0 Å². The molecule has 1 nitrogen and oxygen atoms in total. The van der Waals surface area contributed by atoms with Gasteiger partial charge in [0.2, 0.25) is 0 Å². The topological polar surface area (TPSA) is 20.2 Å². The van der Waals surface area contributed by atoms with Crippen LogP contribution in [0.3, 0.4) is 0 Å². The van der Waals surface area contributed by atoms with Gasteiger partial charge in [-0.1, -0.05) is 41.4 Å². The number of benzene rings is 2. The van der Waals surface area contributed by atoms with Crippen LogP contribution in [-0.4, -0.2) is 5.11 Å². The smallest absolute Gasteiger partial charge is 0.105 e. The van der Waals surface area contributed by atoms with Crippen molar-refractivity contribution in [3.05, 3.63) is 67.7 Å². The Kier molecular flexibility index (Phi) is 4.07. The van der Waals surface area contributed by atoms with Crippen molar-refractivity contribution in [2.24, 2.45) is 0 Å². The van der Waals surface area contributed by atoms with Crippen LogP contribution < -0.4 is 0 Å². The molecule has 0 aliphatic rings. The third-order valence-corrected chi connectivity index (χ3v) is 3.86. The SMILES string of the molecule is Cc1ccc(C(O)c2cc(Cl)ccc2I)cc1. The summed E-state index contributed by atoms with van der Waals surface area (Å²) < 4.78 is 1.01. The molecule has 0 saturated heterocycles. The molecule has 0 amide bonds. The lowest BCUT2D eigenvalue weighted by molar-refractivity contribution is 0.219. The van der Waals surface area contributed by atoms with Gasteiger partial charge in [-0.05, 0) is 58.8 Å². The number of rotatable bonds is 2. The third kappa shape index (κ3) is 3.00. The average Bonchev–Trinajstić information content (AvgIpc) is 2.32. The maximum atomic E-state index is 10.3. The van der Waals surface area contributed by atoms with Crippen molar-refractivity contribution in [1.29, 1.82) is 0 Å². The Bertz CT molecular complexity index is 522. The monoisotopic (exact) mass is 358 g/mol. The first-order valence-electron chi connectivity index (χ1n) is 5.27. The molecular formula is C14H12ClIO. The summed E-state index contributed by atoms with van der Waals surface area (Å²) in [6.45, 7) is 2.03. The molecule has 1 unspecified atom stereocenters. The van der Waals surface area contributed by atoms with Crippen LogP contribution in [0.15, 0.2) is 42.5 Å². The minimum atomic E-state index is -0.624. The maximum Gasteiger partial charge on any atom is 0.105 e. The van der Waals surface area contributed by atoms with Crippen molar-refractivity contribution in [1.82, 2.24) is 0 Å². The first kappa shape index (κ1) is 12.9. The van der Waals surface area contributed by atoms with Gasteiger partial charge in [-0.3, -0.25) is 0 Å². The summed E-state index contributed by atoms with van der Waals surface area (Å²) in [5.41, 5.74) is 2.92. The Balaban J connectivity index is 2.39. The van der Waals surface area contributed by atoms with Gasteiger partial charge >= 0.3 is 0 Å². The van der Waals surface area contributed by atoms with Gasteiger partial charge in [0.1, 0.15) is 6.10 Å². The number of aliphatic hydroxyl groups excluding tert-OH is 1. The average molecular weight is 359 g/mol. The largest absolute Gasteiger partial charge is 0.384 e. The van der Waals surface area contributed by atoms with Crippen LogP contribution in [0.4, 0.5) is 0 Å². The van der Waals surface area contributed by atoms with Crippen LogP contribution in [0.25, 0.3) is 0 Å². The molecule has 88 valence electrons. The van der Waals surface area contributed by atoms with E-state index in [0.29, 0.717) is 5.02 Å². The fourth-order valence-corrected chi connectivity index (χ4v) is 2.46. The van der Waals surface area contributed by atoms with E-state index in [1.165, 1.54) is 5.56 Å². The minimum Gasteiger partial charge on any atom is -0.384 e. The van der Waals surface area contributed by atoms with E-state index in [9.17, 15) is 5.11 Å². The molecule has 2 aromatic carbocycles. The molecule has 1 atom stereocenters. The highest BCUT2D eigenvalue weighted by molar-refractivity contribution is 14.1. The summed E-state index contributed by atoms with van der Waals surface area (Å²) in [5.74, 6) is 0. The van der Waals surface area contributed by atoms with Crippen LogP contribution in [0, 0.1) is 10.5 Å². The summed E-state index contributed by atoms with van der Waals surface area (Å²) in [5, 5.41) is 11.0. The predicted molar refractivity (Wildman–Crippen MR) is 79.4 cm³/mol. The predicted octanol–water partition coefficient (Wildman–Crippen LogP) is 4.33. The second-order valence-corrected chi connectivity index (χ2v) is 5.58. The molecule has 17 heavy (non-hydrogen) atoms. The Morgan fingerprint density at radius 1 is 1.12 bits per heavy atom. The molecule has 2 aromatic rings. The number of aliphatic hydroxyl groups is 1. The molecule has 0 spiro atoms. The zero-order chi connectivity index (χ0) is 12.4. The van der Waals surface area contributed by atoms with Gasteiger partial charge in [-0.2, -0.15) is 0 Å². The van der Waals surface area contributed by atoms with Crippen molar-refractivity contribution in [2.45, 2.75) is 13.0 Å². The van der Waals surface area contributed by atoms with Gasteiger partial charge in [0.25, 0.3) is 0 Å². The van der Waals surface area contributed by atoms with E-state index in [1.54, 1.807) is 0 Å². The highest BCUT2D eigenvalue weighted by Crippen LogP contribution is 2.28. The number of halogens is 2. The van der Waals surface area contributed by atoms with Gasteiger partial charge < -0.3 is 5.11 Å². The molecule has 1 N–H and O–H groups in total. The van der Waals surface area contributed by atoms with Gasteiger partial charge in [-0.15, -0.1) is 0 Å². The van der Waals surface area contributed by atoms with Crippen molar-refractivity contribution in [2.75, 3.05) is 0 Å². The number of hydrogen-bond acceptors (Lipinski definition) is 1. The Hall–Kier alpha value is -0.580. The minimum absolute atomic E-state index is 0.624. The van der Waals surface area contributed by atoms with E-state index in [-0.39, 0.29) is 0 Å². The fourth-order valence-electron chi connectivity index (χ4n) is 1.65. The summed E-state index contributed by atoms with van der Waals surface area (Å²) in [4.78, 5) is 0. The van der Waals surface area contributed by atoms with Crippen LogP contribution >= 0.6 is 34.2 Å². The van der Waals surface area contributed by atoms with E-state index in [0.717, 1.165) is 14.7 Å². The molecule has 0 bridgehead atoms. The maximum absolute atomic E-state index is 10.3. The normalized spacial score (nSPS) is 12.5. The lowest BCUT2D eigenvalue weighted by Gasteiger charge is -2.14. The molecular weight excluding hydrogens is 347 g/mol. The van der Waals surface area contributed by atoms with E-state index in [2.05, 4.69) is 22.6 Å². The van der Waals surface area contributed by atoms with Crippen LogP contribution in [0.1, 0.15) is 22.8 Å². The molecule has 0 radical (unpaired) electrons. The van der Waals surface area contributed by atoms with Crippen molar-refractivity contribution in [3.8, 4) is 0 Å². The fraction of sp³-hybridized carbons (Fsp3) is 0.143. The van der Waals surface area contributed by atoms with Crippen molar-refractivity contribution >= 4 is 34.2 Å². The van der Waals surface area contributed by atoms with Gasteiger partial charge in [0, 0.05) is 8.59 Å². The first-order chi connectivity index (χ1) is 8.08. The number of hydrogen-bond donors (Lipinski definition) is 1. The second kappa shape index (κ2) is 5.38. The summed E-state index contributed by atoms with van der Waals surface area (Å²) >= 11 is 8.17. The van der Waals surface area contributed by atoms with E-state index < -0.39 is 6.10 Å². The number of aryl methyl sites for hydroxylation is 1. The van der Waals surface area contributed by atoms with Gasteiger partial charge in [0.05, 0.1) is 0 Å². The van der Waals surface area contributed by atoms with Crippen molar-refractivity contribution in [3.63, 3.8) is 0 Å². The second-order valence-electron chi connectivity index (χ2n) is 3.98. The Morgan fingerprint density at radius 2 is 1.76 bits per heavy atom. The Labute approximate surface area is 120 Å². The highest BCUT2D eigenvalue weighted by atomic mass is 127. The van der Waals surface area contributed by atoms with Crippen LogP contribution in [-0.2, 0) is 0 Å². The molecule has 3 heteroatoms. The standard InChI is InChI=1S/C14H12ClIO/c1-9-2-4-10(5-3-9)14(17)12-8-11(15)6-7-13(12)16/h2-8,14,17H,1H3. The van der Waals surface area contributed by atoms with E-state index in [1.807, 2.05) is 49.4 Å². The van der Waals surface area contributed by atoms with Crippen molar-refractivity contribution < 1.29 is 5.11 Å².